The number of amides is 1. The Labute approximate surface area is 173 Å². The maximum atomic E-state index is 12.2. The van der Waals surface area contributed by atoms with Crippen LogP contribution in [0.4, 0.5) is 0 Å². The van der Waals surface area contributed by atoms with Gasteiger partial charge in [-0.1, -0.05) is 25.8 Å². The number of ether oxygens (including phenoxy) is 2. The molecule has 29 heavy (non-hydrogen) atoms. The minimum atomic E-state index is 0.0246. The number of benzene rings is 1. The van der Waals surface area contributed by atoms with E-state index >= 15 is 0 Å². The highest BCUT2D eigenvalue weighted by Crippen LogP contribution is 2.28. The predicted octanol–water partition coefficient (Wildman–Crippen LogP) is 2.02. The van der Waals surface area contributed by atoms with Crippen molar-refractivity contribution in [3.63, 3.8) is 0 Å². The Morgan fingerprint density at radius 1 is 1.41 bits per heavy atom. The SMILES string of the molecule is C#CCOc1cc(CN=C(NCC)NC2CCN(C(=O)C(C)C)C2)ccc1OC. The van der Waals surface area contributed by atoms with Gasteiger partial charge in [-0.25, -0.2) is 4.99 Å². The van der Waals surface area contributed by atoms with Crippen LogP contribution in [-0.4, -0.2) is 56.2 Å². The minimum absolute atomic E-state index is 0.0246. The van der Waals surface area contributed by atoms with Crippen LogP contribution in [-0.2, 0) is 11.3 Å². The highest BCUT2D eigenvalue weighted by atomic mass is 16.5. The molecule has 1 aromatic rings. The quantitative estimate of drug-likeness (QED) is 0.397. The van der Waals surface area contributed by atoms with Gasteiger partial charge in [-0.3, -0.25) is 4.79 Å². The molecule has 0 spiro atoms. The first-order valence-electron chi connectivity index (χ1n) is 10.0. The number of hydrogen-bond acceptors (Lipinski definition) is 4. The molecule has 0 aromatic heterocycles. The van der Waals surface area contributed by atoms with Crippen molar-refractivity contribution in [2.24, 2.45) is 10.9 Å². The lowest BCUT2D eigenvalue weighted by molar-refractivity contribution is -0.133. The van der Waals surface area contributed by atoms with Gasteiger partial charge < -0.3 is 25.0 Å². The molecule has 2 rings (SSSR count). The van der Waals surface area contributed by atoms with Gasteiger partial charge in [0.1, 0.15) is 6.61 Å². The van der Waals surface area contributed by atoms with Crippen molar-refractivity contribution in [2.45, 2.75) is 39.8 Å². The molecule has 0 radical (unpaired) electrons. The van der Waals surface area contributed by atoms with E-state index in [9.17, 15) is 4.79 Å². The number of terminal acetylenes is 1. The van der Waals surface area contributed by atoms with Crippen LogP contribution < -0.4 is 20.1 Å². The molecule has 1 aliphatic rings. The van der Waals surface area contributed by atoms with Gasteiger partial charge in [-0.05, 0) is 31.0 Å². The van der Waals surface area contributed by atoms with E-state index in [2.05, 4.69) is 21.5 Å². The summed E-state index contributed by atoms with van der Waals surface area (Å²) in [7, 11) is 1.60. The molecule has 1 amide bonds. The van der Waals surface area contributed by atoms with Gasteiger partial charge in [0, 0.05) is 31.6 Å². The summed E-state index contributed by atoms with van der Waals surface area (Å²) in [5.74, 6) is 4.67. The Morgan fingerprint density at radius 3 is 2.86 bits per heavy atom. The molecule has 1 unspecified atom stereocenters. The zero-order valence-electron chi connectivity index (χ0n) is 17.8. The molecule has 2 N–H and O–H groups in total. The van der Waals surface area contributed by atoms with Gasteiger partial charge in [0.25, 0.3) is 0 Å². The number of carbonyl (C=O) groups is 1. The lowest BCUT2D eigenvalue weighted by Gasteiger charge is -2.20. The zero-order chi connectivity index (χ0) is 21.2. The number of hydrogen-bond donors (Lipinski definition) is 2. The van der Waals surface area contributed by atoms with Crippen LogP contribution in [0.5, 0.6) is 11.5 Å². The topological polar surface area (TPSA) is 75.2 Å². The summed E-state index contributed by atoms with van der Waals surface area (Å²) in [4.78, 5) is 18.8. The van der Waals surface area contributed by atoms with E-state index in [1.54, 1.807) is 7.11 Å². The second-order valence-electron chi connectivity index (χ2n) is 7.24. The summed E-state index contributed by atoms with van der Waals surface area (Å²) in [5, 5.41) is 6.72. The maximum Gasteiger partial charge on any atom is 0.225 e. The first kappa shape index (κ1) is 22.4. The van der Waals surface area contributed by atoms with Crippen LogP contribution in [0.1, 0.15) is 32.8 Å². The van der Waals surface area contributed by atoms with Crippen molar-refractivity contribution in [1.82, 2.24) is 15.5 Å². The van der Waals surface area contributed by atoms with E-state index < -0.39 is 0 Å². The summed E-state index contributed by atoms with van der Waals surface area (Å²) >= 11 is 0. The normalized spacial score (nSPS) is 16.5. The second kappa shape index (κ2) is 11.2. The molecular formula is C22H32N4O3. The van der Waals surface area contributed by atoms with Crippen molar-refractivity contribution in [2.75, 3.05) is 33.4 Å². The third-order valence-electron chi connectivity index (χ3n) is 4.64. The van der Waals surface area contributed by atoms with Gasteiger partial charge in [0.15, 0.2) is 17.5 Å². The van der Waals surface area contributed by atoms with E-state index in [0.717, 1.165) is 31.0 Å². The highest BCUT2D eigenvalue weighted by molar-refractivity contribution is 5.81. The minimum Gasteiger partial charge on any atom is -0.493 e. The Balaban J connectivity index is 2.02. The van der Waals surface area contributed by atoms with Crippen LogP contribution in [0.25, 0.3) is 0 Å². The van der Waals surface area contributed by atoms with E-state index in [-0.39, 0.29) is 24.5 Å². The average Bonchev–Trinajstić information content (AvgIpc) is 3.18. The fraction of sp³-hybridized carbons (Fsp3) is 0.545. The van der Waals surface area contributed by atoms with E-state index in [4.69, 9.17) is 15.9 Å². The maximum absolute atomic E-state index is 12.2. The molecule has 7 heteroatoms. The Morgan fingerprint density at radius 2 is 2.21 bits per heavy atom. The standard InChI is InChI=1S/C22H32N4O3/c1-6-12-29-20-13-17(8-9-19(20)28-5)14-24-22(23-7-2)25-18-10-11-26(15-18)21(27)16(3)4/h1,8-9,13,16,18H,7,10-12,14-15H2,2-5H3,(H2,23,24,25). The van der Waals surface area contributed by atoms with Crippen LogP contribution >= 0.6 is 0 Å². The Hall–Kier alpha value is -2.88. The fourth-order valence-corrected chi connectivity index (χ4v) is 3.18. The van der Waals surface area contributed by atoms with Crippen molar-refractivity contribution >= 4 is 11.9 Å². The number of rotatable bonds is 8. The van der Waals surface area contributed by atoms with Crippen LogP contribution in [0.3, 0.4) is 0 Å². The fourth-order valence-electron chi connectivity index (χ4n) is 3.18. The van der Waals surface area contributed by atoms with Crippen molar-refractivity contribution in [1.29, 1.82) is 0 Å². The van der Waals surface area contributed by atoms with Gasteiger partial charge in [-0.15, -0.1) is 6.42 Å². The van der Waals surface area contributed by atoms with E-state index in [0.29, 0.717) is 24.6 Å². The van der Waals surface area contributed by atoms with Crippen molar-refractivity contribution in [3.05, 3.63) is 23.8 Å². The number of carbonyl (C=O) groups excluding carboxylic acids is 1. The number of methoxy groups -OCH3 is 1. The molecule has 1 heterocycles. The molecule has 1 saturated heterocycles. The Kier molecular flexibility index (Phi) is 8.66. The lowest BCUT2D eigenvalue weighted by Crippen LogP contribution is -2.45. The number of aliphatic imine (C=N–C) groups is 1. The van der Waals surface area contributed by atoms with E-state index in [1.807, 2.05) is 43.9 Å². The summed E-state index contributed by atoms with van der Waals surface area (Å²) in [6.45, 7) is 8.80. The second-order valence-corrected chi connectivity index (χ2v) is 7.24. The summed E-state index contributed by atoms with van der Waals surface area (Å²) in [6, 6.07) is 5.89. The number of likely N-dealkylation sites (tertiary alicyclic amines) is 1. The molecule has 1 aromatic carbocycles. The molecule has 158 valence electrons. The monoisotopic (exact) mass is 400 g/mol. The van der Waals surface area contributed by atoms with Gasteiger partial charge >= 0.3 is 0 Å². The lowest BCUT2D eigenvalue weighted by atomic mass is 10.2. The number of nitrogens with zero attached hydrogens (tertiary/aromatic N) is 2. The van der Waals surface area contributed by atoms with Crippen LogP contribution in [0.15, 0.2) is 23.2 Å². The molecule has 1 atom stereocenters. The first-order chi connectivity index (χ1) is 14.0. The Bertz CT molecular complexity index is 755. The molecule has 0 saturated carbocycles. The molecular weight excluding hydrogens is 368 g/mol. The molecule has 0 bridgehead atoms. The smallest absolute Gasteiger partial charge is 0.225 e. The highest BCUT2D eigenvalue weighted by Gasteiger charge is 2.27. The van der Waals surface area contributed by atoms with Crippen molar-refractivity contribution in [3.8, 4) is 23.8 Å². The first-order valence-corrected chi connectivity index (χ1v) is 10.0. The third kappa shape index (κ3) is 6.60. The van der Waals surface area contributed by atoms with Crippen LogP contribution in [0, 0.1) is 18.3 Å². The third-order valence-corrected chi connectivity index (χ3v) is 4.64. The average molecular weight is 401 g/mol. The van der Waals surface area contributed by atoms with Gasteiger partial charge in [-0.2, -0.15) is 0 Å². The predicted molar refractivity (Wildman–Crippen MR) is 115 cm³/mol. The molecule has 1 fully saturated rings. The van der Waals surface area contributed by atoms with E-state index in [1.165, 1.54) is 0 Å². The van der Waals surface area contributed by atoms with Gasteiger partial charge in [0.2, 0.25) is 5.91 Å². The summed E-state index contributed by atoms with van der Waals surface area (Å²) in [5.41, 5.74) is 0.984. The molecule has 7 nitrogen and oxygen atoms in total. The van der Waals surface area contributed by atoms with Crippen molar-refractivity contribution < 1.29 is 14.3 Å². The van der Waals surface area contributed by atoms with Gasteiger partial charge in [0.05, 0.1) is 13.7 Å². The number of nitrogens with one attached hydrogen (secondary N) is 2. The summed E-state index contributed by atoms with van der Waals surface area (Å²) < 4.78 is 10.9. The molecule has 0 aliphatic carbocycles. The largest absolute Gasteiger partial charge is 0.493 e. The molecule has 1 aliphatic heterocycles. The van der Waals surface area contributed by atoms with Crippen LogP contribution in [0.2, 0.25) is 0 Å². The summed E-state index contributed by atoms with van der Waals surface area (Å²) in [6.07, 6.45) is 6.19. The zero-order valence-corrected chi connectivity index (χ0v) is 17.8. The number of guanidine groups is 1.